The normalized spacial score (nSPS) is 24.9. The van der Waals surface area contributed by atoms with Gasteiger partial charge in [0.1, 0.15) is 0 Å². The summed E-state index contributed by atoms with van der Waals surface area (Å²) in [6, 6.07) is 0. The summed E-state index contributed by atoms with van der Waals surface area (Å²) >= 11 is 2.20. The van der Waals surface area contributed by atoms with Crippen molar-refractivity contribution in [1.82, 2.24) is 0 Å². The molecule has 1 saturated carbocycles. The Balaban J connectivity index is 2.43. The van der Waals surface area contributed by atoms with Crippen molar-refractivity contribution >= 4 is 22.6 Å². The van der Waals surface area contributed by atoms with Gasteiger partial charge in [0.25, 0.3) is 0 Å². The smallest absolute Gasteiger partial charge is 0.0628 e. The topological polar surface area (TPSA) is 20.2 Å². The summed E-state index contributed by atoms with van der Waals surface area (Å²) in [6.45, 7) is 2.21. The first-order chi connectivity index (χ1) is 5.69. The van der Waals surface area contributed by atoms with Crippen LogP contribution in [-0.2, 0) is 0 Å². The molecule has 1 unspecified atom stereocenters. The summed E-state index contributed by atoms with van der Waals surface area (Å²) < 4.78 is 1.99. The van der Waals surface area contributed by atoms with Crippen molar-refractivity contribution in [2.75, 3.05) is 0 Å². The van der Waals surface area contributed by atoms with Crippen LogP contribution >= 0.6 is 22.6 Å². The number of hydrogen-bond donors (Lipinski definition) is 1. The summed E-state index contributed by atoms with van der Waals surface area (Å²) in [5, 5.41) is 9.88. The first-order valence-corrected chi connectivity index (χ1v) is 5.87. The molecule has 1 aliphatic carbocycles. The zero-order chi connectivity index (χ0) is 9.03. The fraction of sp³-hybridized carbons (Fsp3) is 0.800. The standard InChI is InChI=1S/C10H17IO/c1-10(6-2-3-7-10)9(12)5-4-8-11/h4,8-9,12H,2-3,5-7H2,1H3/b8-4+. The van der Waals surface area contributed by atoms with Crippen LogP contribution in [0.15, 0.2) is 10.2 Å². The number of rotatable bonds is 3. The number of aliphatic hydroxyl groups is 1. The highest BCUT2D eigenvalue weighted by Crippen LogP contribution is 2.41. The maximum absolute atomic E-state index is 9.88. The van der Waals surface area contributed by atoms with Gasteiger partial charge in [0.2, 0.25) is 0 Å². The summed E-state index contributed by atoms with van der Waals surface area (Å²) in [7, 11) is 0. The third kappa shape index (κ3) is 2.46. The van der Waals surface area contributed by atoms with Crippen LogP contribution in [0.25, 0.3) is 0 Å². The fourth-order valence-corrected chi connectivity index (χ4v) is 2.27. The van der Waals surface area contributed by atoms with E-state index in [2.05, 4.69) is 35.6 Å². The summed E-state index contributed by atoms with van der Waals surface area (Å²) in [5.74, 6) is 0. The lowest BCUT2D eigenvalue weighted by Gasteiger charge is -2.29. The minimum atomic E-state index is -0.133. The van der Waals surface area contributed by atoms with E-state index >= 15 is 0 Å². The molecule has 1 fully saturated rings. The SMILES string of the molecule is CC1(C(O)C/C=C/I)CCCC1. The number of aliphatic hydroxyl groups excluding tert-OH is 1. The van der Waals surface area contributed by atoms with Crippen LogP contribution in [0.2, 0.25) is 0 Å². The van der Waals surface area contributed by atoms with E-state index in [4.69, 9.17) is 0 Å². The molecule has 0 radical (unpaired) electrons. The lowest BCUT2D eigenvalue weighted by atomic mass is 9.81. The molecule has 0 saturated heterocycles. The largest absolute Gasteiger partial charge is 0.392 e. The van der Waals surface area contributed by atoms with Gasteiger partial charge >= 0.3 is 0 Å². The summed E-state index contributed by atoms with van der Waals surface area (Å²) in [4.78, 5) is 0. The van der Waals surface area contributed by atoms with Gasteiger partial charge in [-0.25, -0.2) is 0 Å². The Labute approximate surface area is 88.4 Å². The van der Waals surface area contributed by atoms with E-state index in [9.17, 15) is 5.11 Å². The van der Waals surface area contributed by atoms with Crippen molar-refractivity contribution in [3.63, 3.8) is 0 Å². The highest BCUT2D eigenvalue weighted by atomic mass is 127. The molecule has 1 atom stereocenters. The second kappa shape index (κ2) is 4.61. The van der Waals surface area contributed by atoms with Crippen LogP contribution in [0.5, 0.6) is 0 Å². The first kappa shape index (κ1) is 10.5. The first-order valence-electron chi connectivity index (χ1n) is 4.62. The summed E-state index contributed by atoms with van der Waals surface area (Å²) in [6.07, 6.45) is 7.72. The zero-order valence-electron chi connectivity index (χ0n) is 7.59. The summed E-state index contributed by atoms with van der Waals surface area (Å²) in [5.41, 5.74) is 0.205. The Morgan fingerprint density at radius 2 is 2.08 bits per heavy atom. The molecule has 2 heteroatoms. The molecule has 0 aliphatic heterocycles. The Kier molecular flexibility index (Phi) is 4.03. The monoisotopic (exact) mass is 280 g/mol. The van der Waals surface area contributed by atoms with Crippen LogP contribution in [-0.4, -0.2) is 11.2 Å². The van der Waals surface area contributed by atoms with Gasteiger partial charge in [-0.3, -0.25) is 0 Å². The van der Waals surface area contributed by atoms with Crippen molar-refractivity contribution in [2.45, 2.75) is 45.1 Å². The second-order valence-corrected chi connectivity index (χ2v) is 4.69. The van der Waals surface area contributed by atoms with E-state index in [0.717, 1.165) is 6.42 Å². The van der Waals surface area contributed by atoms with Crippen molar-refractivity contribution in [3.05, 3.63) is 10.2 Å². The molecule has 1 N–H and O–H groups in total. The number of hydrogen-bond acceptors (Lipinski definition) is 1. The van der Waals surface area contributed by atoms with Gasteiger partial charge in [-0.05, 0) is 28.8 Å². The van der Waals surface area contributed by atoms with E-state index < -0.39 is 0 Å². The van der Waals surface area contributed by atoms with Gasteiger partial charge in [0, 0.05) is 0 Å². The van der Waals surface area contributed by atoms with Crippen LogP contribution in [0.4, 0.5) is 0 Å². The van der Waals surface area contributed by atoms with Gasteiger partial charge in [0.05, 0.1) is 6.10 Å². The molecule has 0 amide bonds. The molecular formula is C10H17IO. The maximum Gasteiger partial charge on any atom is 0.0628 e. The quantitative estimate of drug-likeness (QED) is 0.787. The van der Waals surface area contributed by atoms with Crippen LogP contribution in [0, 0.1) is 5.41 Å². The minimum absolute atomic E-state index is 0.133. The van der Waals surface area contributed by atoms with Gasteiger partial charge < -0.3 is 5.11 Å². The average Bonchev–Trinajstić information content (AvgIpc) is 2.49. The molecule has 0 aromatic rings. The lowest BCUT2D eigenvalue weighted by molar-refractivity contribution is 0.0446. The Hall–Kier alpha value is 0.430. The fourth-order valence-electron chi connectivity index (χ4n) is 1.98. The van der Waals surface area contributed by atoms with E-state index in [1.165, 1.54) is 25.7 Å². The van der Waals surface area contributed by atoms with Crippen molar-refractivity contribution in [2.24, 2.45) is 5.41 Å². The van der Waals surface area contributed by atoms with E-state index in [0.29, 0.717) is 0 Å². The van der Waals surface area contributed by atoms with E-state index in [-0.39, 0.29) is 11.5 Å². The Bertz CT molecular complexity index is 159. The third-order valence-electron chi connectivity index (χ3n) is 3.00. The average molecular weight is 280 g/mol. The molecular weight excluding hydrogens is 263 g/mol. The van der Waals surface area contributed by atoms with Crippen LogP contribution in [0.3, 0.4) is 0 Å². The lowest BCUT2D eigenvalue weighted by Crippen LogP contribution is -2.28. The van der Waals surface area contributed by atoms with Gasteiger partial charge in [-0.15, -0.1) is 0 Å². The number of halogens is 1. The van der Waals surface area contributed by atoms with E-state index in [1.54, 1.807) is 0 Å². The predicted molar refractivity (Wildman–Crippen MR) is 60.4 cm³/mol. The molecule has 1 aliphatic rings. The third-order valence-corrected chi connectivity index (χ3v) is 3.51. The molecule has 70 valence electrons. The maximum atomic E-state index is 9.88. The van der Waals surface area contributed by atoms with Crippen molar-refractivity contribution < 1.29 is 5.11 Å². The Morgan fingerprint density at radius 3 is 2.58 bits per heavy atom. The molecule has 0 aromatic heterocycles. The predicted octanol–water partition coefficient (Wildman–Crippen LogP) is 3.27. The molecule has 0 heterocycles. The zero-order valence-corrected chi connectivity index (χ0v) is 9.75. The minimum Gasteiger partial charge on any atom is -0.392 e. The molecule has 0 aromatic carbocycles. The molecule has 0 bridgehead atoms. The van der Waals surface area contributed by atoms with Gasteiger partial charge in [-0.2, -0.15) is 0 Å². The van der Waals surface area contributed by atoms with Crippen molar-refractivity contribution in [3.8, 4) is 0 Å². The molecule has 0 spiro atoms. The van der Waals surface area contributed by atoms with Crippen LogP contribution < -0.4 is 0 Å². The van der Waals surface area contributed by atoms with Gasteiger partial charge in [0.15, 0.2) is 0 Å². The molecule has 12 heavy (non-hydrogen) atoms. The van der Waals surface area contributed by atoms with Crippen LogP contribution in [0.1, 0.15) is 39.0 Å². The highest BCUT2D eigenvalue weighted by Gasteiger charge is 2.34. The second-order valence-electron chi connectivity index (χ2n) is 3.97. The Morgan fingerprint density at radius 1 is 1.50 bits per heavy atom. The van der Waals surface area contributed by atoms with Crippen molar-refractivity contribution in [1.29, 1.82) is 0 Å². The molecule has 1 rings (SSSR count). The van der Waals surface area contributed by atoms with Gasteiger partial charge in [-0.1, -0.05) is 48.4 Å². The highest BCUT2D eigenvalue weighted by molar-refractivity contribution is 14.1. The van der Waals surface area contributed by atoms with E-state index in [1.807, 2.05) is 4.08 Å². The molecule has 1 nitrogen and oxygen atoms in total.